The van der Waals surface area contributed by atoms with Crippen LogP contribution in [0.1, 0.15) is 5.56 Å². The zero-order chi connectivity index (χ0) is 12.8. The predicted octanol–water partition coefficient (Wildman–Crippen LogP) is 5.18. The molecule has 0 unspecified atom stereocenters. The van der Waals surface area contributed by atoms with Crippen molar-refractivity contribution < 1.29 is 17.6 Å². The van der Waals surface area contributed by atoms with Crippen LogP contribution >= 0.6 is 11.3 Å². The summed E-state index contributed by atoms with van der Waals surface area (Å²) >= 11 is 1.34. The quantitative estimate of drug-likeness (QED) is 0.592. The van der Waals surface area contributed by atoms with Crippen molar-refractivity contribution in [3.63, 3.8) is 0 Å². The minimum atomic E-state index is -4.43. The monoisotopic (exact) mass is 268 g/mol. The fourth-order valence-corrected chi connectivity index (χ4v) is 2.56. The standard InChI is InChI=1S/C13H7F3OS/c14-13(15,16)11-9-3-1-2-4-10(9)17-12(11)8-5-6-18-7-8/h1-7H. The maximum absolute atomic E-state index is 13.1. The predicted molar refractivity (Wildman–Crippen MR) is 64.5 cm³/mol. The highest BCUT2D eigenvalue weighted by molar-refractivity contribution is 7.08. The Bertz CT molecular complexity index is 680. The summed E-state index contributed by atoms with van der Waals surface area (Å²) in [5.74, 6) is -0.107. The molecule has 3 rings (SSSR count). The van der Waals surface area contributed by atoms with Crippen molar-refractivity contribution in [2.75, 3.05) is 0 Å². The van der Waals surface area contributed by atoms with Crippen molar-refractivity contribution in [3.8, 4) is 11.3 Å². The van der Waals surface area contributed by atoms with Gasteiger partial charge in [0.15, 0.2) is 0 Å². The highest BCUT2D eigenvalue weighted by atomic mass is 32.1. The van der Waals surface area contributed by atoms with E-state index in [1.54, 1.807) is 35.0 Å². The molecular weight excluding hydrogens is 261 g/mol. The van der Waals surface area contributed by atoms with Crippen LogP contribution in [0.5, 0.6) is 0 Å². The Morgan fingerprint density at radius 3 is 2.50 bits per heavy atom. The number of rotatable bonds is 1. The zero-order valence-electron chi connectivity index (χ0n) is 8.99. The molecule has 0 aliphatic heterocycles. The maximum atomic E-state index is 13.1. The molecule has 0 N–H and O–H groups in total. The number of fused-ring (bicyclic) bond motifs is 1. The molecule has 0 spiro atoms. The molecule has 5 heteroatoms. The number of hydrogen-bond donors (Lipinski definition) is 0. The molecule has 92 valence electrons. The third kappa shape index (κ3) is 1.71. The smallest absolute Gasteiger partial charge is 0.420 e. The SMILES string of the molecule is FC(F)(F)c1c(-c2ccsc2)oc2ccccc12. The first kappa shape index (κ1) is 11.3. The van der Waals surface area contributed by atoms with Gasteiger partial charge in [0.1, 0.15) is 16.9 Å². The topological polar surface area (TPSA) is 13.1 Å². The molecular formula is C13H7F3OS. The number of benzene rings is 1. The Labute approximate surface area is 104 Å². The Balaban J connectivity index is 2.38. The van der Waals surface area contributed by atoms with Crippen LogP contribution < -0.4 is 0 Å². The van der Waals surface area contributed by atoms with Crippen LogP contribution in [0.3, 0.4) is 0 Å². The van der Waals surface area contributed by atoms with Crippen LogP contribution in [0.2, 0.25) is 0 Å². The van der Waals surface area contributed by atoms with Crippen molar-refractivity contribution in [2.24, 2.45) is 0 Å². The normalized spacial score (nSPS) is 12.2. The lowest BCUT2D eigenvalue weighted by molar-refractivity contribution is -0.136. The van der Waals surface area contributed by atoms with E-state index in [0.717, 1.165) is 0 Å². The summed E-state index contributed by atoms with van der Waals surface area (Å²) < 4.78 is 44.8. The fraction of sp³-hybridized carbons (Fsp3) is 0.0769. The maximum Gasteiger partial charge on any atom is 0.420 e. The fourth-order valence-electron chi connectivity index (χ4n) is 1.92. The van der Waals surface area contributed by atoms with E-state index in [1.807, 2.05) is 0 Å². The molecule has 0 amide bonds. The third-order valence-corrected chi connectivity index (χ3v) is 3.35. The Morgan fingerprint density at radius 1 is 1.06 bits per heavy atom. The molecule has 0 atom stereocenters. The lowest BCUT2D eigenvalue weighted by Gasteiger charge is -2.06. The van der Waals surface area contributed by atoms with Gasteiger partial charge in [-0.2, -0.15) is 24.5 Å². The molecule has 2 aromatic heterocycles. The Morgan fingerprint density at radius 2 is 1.83 bits per heavy atom. The molecule has 0 fully saturated rings. The van der Waals surface area contributed by atoms with Crippen molar-refractivity contribution >= 4 is 22.3 Å². The molecule has 0 saturated heterocycles. The van der Waals surface area contributed by atoms with E-state index >= 15 is 0 Å². The average Bonchev–Trinajstić information content (AvgIpc) is 2.94. The molecule has 0 aliphatic rings. The van der Waals surface area contributed by atoms with Crippen LogP contribution in [-0.4, -0.2) is 0 Å². The van der Waals surface area contributed by atoms with Crippen LogP contribution in [0.25, 0.3) is 22.3 Å². The summed E-state index contributed by atoms with van der Waals surface area (Å²) in [5.41, 5.74) is 0.0195. The molecule has 18 heavy (non-hydrogen) atoms. The van der Waals surface area contributed by atoms with Gasteiger partial charge in [-0.1, -0.05) is 18.2 Å². The second-order valence-electron chi connectivity index (χ2n) is 3.81. The lowest BCUT2D eigenvalue weighted by atomic mass is 10.1. The first-order valence-electron chi connectivity index (χ1n) is 5.18. The van der Waals surface area contributed by atoms with E-state index in [1.165, 1.54) is 17.4 Å². The van der Waals surface area contributed by atoms with Gasteiger partial charge in [0.2, 0.25) is 0 Å². The summed E-state index contributed by atoms with van der Waals surface area (Å²) in [5, 5.41) is 3.47. The zero-order valence-corrected chi connectivity index (χ0v) is 9.81. The minimum absolute atomic E-state index is 0.103. The number of halogens is 3. The second-order valence-corrected chi connectivity index (χ2v) is 4.59. The first-order valence-corrected chi connectivity index (χ1v) is 6.13. The number of alkyl halides is 3. The first-order chi connectivity index (χ1) is 8.57. The summed E-state index contributed by atoms with van der Waals surface area (Å²) in [4.78, 5) is 0. The van der Waals surface area contributed by atoms with Crippen molar-refractivity contribution in [3.05, 3.63) is 46.7 Å². The van der Waals surface area contributed by atoms with E-state index in [4.69, 9.17) is 4.42 Å². The van der Waals surface area contributed by atoms with Crippen LogP contribution in [0, 0.1) is 0 Å². The third-order valence-electron chi connectivity index (χ3n) is 2.66. The van der Waals surface area contributed by atoms with E-state index in [9.17, 15) is 13.2 Å². The highest BCUT2D eigenvalue weighted by Crippen LogP contribution is 2.44. The summed E-state index contributed by atoms with van der Waals surface area (Å²) in [6.07, 6.45) is -4.43. The van der Waals surface area contributed by atoms with Crippen LogP contribution in [-0.2, 0) is 6.18 Å². The Hall–Kier alpha value is -1.75. The van der Waals surface area contributed by atoms with Gasteiger partial charge in [0, 0.05) is 16.3 Å². The summed E-state index contributed by atoms with van der Waals surface area (Å²) in [6.45, 7) is 0. The number of para-hydroxylation sites is 1. The van der Waals surface area contributed by atoms with Gasteiger partial charge in [-0.15, -0.1) is 0 Å². The van der Waals surface area contributed by atoms with Crippen molar-refractivity contribution in [2.45, 2.75) is 6.18 Å². The Kier molecular flexibility index (Phi) is 2.45. The minimum Gasteiger partial charge on any atom is -0.455 e. The van der Waals surface area contributed by atoms with Crippen LogP contribution in [0.15, 0.2) is 45.5 Å². The largest absolute Gasteiger partial charge is 0.455 e. The molecule has 0 aliphatic carbocycles. The summed E-state index contributed by atoms with van der Waals surface area (Å²) in [6, 6.07) is 7.82. The van der Waals surface area contributed by atoms with Crippen molar-refractivity contribution in [1.29, 1.82) is 0 Å². The van der Waals surface area contributed by atoms with Crippen molar-refractivity contribution in [1.82, 2.24) is 0 Å². The second kappa shape index (κ2) is 3.88. The molecule has 0 bridgehead atoms. The van der Waals surface area contributed by atoms with E-state index < -0.39 is 11.7 Å². The molecule has 0 radical (unpaired) electrons. The van der Waals surface area contributed by atoms with Crippen LogP contribution in [0.4, 0.5) is 13.2 Å². The highest BCUT2D eigenvalue weighted by Gasteiger charge is 2.38. The van der Waals surface area contributed by atoms with E-state index in [-0.39, 0.29) is 16.7 Å². The number of hydrogen-bond acceptors (Lipinski definition) is 2. The number of thiophene rings is 1. The molecule has 1 aromatic carbocycles. The average molecular weight is 268 g/mol. The molecule has 3 aromatic rings. The molecule has 1 nitrogen and oxygen atoms in total. The number of furan rings is 1. The van der Waals surface area contributed by atoms with E-state index in [2.05, 4.69) is 0 Å². The van der Waals surface area contributed by atoms with Gasteiger partial charge in [-0.3, -0.25) is 0 Å². The molecule has 2 heterocycles. The lowest BCUT2D eigenvalue weighted by Crippen LogP contribution is -2.05. The summed E-state index contributed by atoms with van der Waals surface area (Å²) in [7, 11) is 0. The molecule has 0 saturated carbocycles. The van der Waals surface area contributed by atoms with Gasteiger partial charge in [-0.25, -0.2) is 0 Å². The van der Waals surface area contributed by atoms with Gasteiger partial charge >= 0.3 is 6.18 Å². The van der Waals surface area contributed by atoms with Gasteiger partial charge in [-0.05, 0) is 17.5 Å². The van der Waals surface area contributed by atoms with Gasteiger partial charge in [0.25, 0.3) is 0 Å². The van der Waals surface area contributed by atoms with E-state index in [0.29, 0.717) is 5.56 Å². The van der Waals surface area contributed by atoms with Gasteiger partial charge in [0.05, 0.1) is 0 Å². The van der Waals surface area contributed by atoms with Gasteiger partial charge < -0.3 is 4.42 Å².